The van der Waals surface area contributed by atoms with Gasteiger partial charge in [-0.2, -0.15) is 0 Å². The number of hydrogen-bond donors (Lipinski definition) is 0. The molecule has 2 aromatic heterocycles. The first-order valence-electron chi connectivity index (χ1n) is 18.7. The lowest BCUT2D eigenvalue weighted by Crippen LogP contribution is -2.11. The maximum absolute atomic E-state index is 2.49. The summed E-state index contributed by atoms with van der Waals surface area (Å²) in [5.74, 6) is 0. The number of benzene rings is 9. The first-order chi connectivity index (χ1) is 27.3. The standard InChI is InChI=1S/C52H33NS2/c1-2-19-40-34(13-1)14-11-23-41(40)37-17-9-15-35(31-37)36-16-10-18-39(32-36)53(47-25-12-28-50-52(47)45-22-5-8-27-49(45)54-50)46-24-6-3-20-42(46)38-29-30-44-43-21-4-7-26-48(43)55-51(44)33-38/h1-33H. The molecule has 11 aromatic rings. The Morgan fingerprint density at radius 1 is 0.309 bits per heavy atom. The molecule has 1 nitrogen and oxygen atoms in total. The summed E-state index contributed by atoms with van der Waals surface area (Å²) in [5.41, 5.74) is 10.7. The summed E-state index contributed by atoms with van der Waals surface area (Å²) in [5, 5.41) is 7.72. The average Bonchev–Trinajstić information content (AvgIpc) is 3.82. The number of hydrogen-bond acceptors (Lipinski definition) is 3. The van der Waals surface area contributed by atoms with Crippen LogP contribution in [0.4, 0.5) is 17.1 Å². The van der Waals surface area contributed by atoms with E-state index >= 15 is 0 Å². The SMILES string of the molecule is c1cc(-c2cccc(N(c3ccccc3-c3ccc4c(c3)sc3ccccc34)c3cccc4sc5ccccc5c34)c2)cc(-c2cccc3ccccc23)c1. The van der Waals surface area contributed by atoms with Gasteiger partial charge in [-0.3, -0.25) is 0 Å². The maximum Gasteiger partial charge on any atom is 0.0555 e. The van der Waals surface area contributed by atoms with Crippen LogP contribution in [0.3, 0.4) is 0 Å². The second-order valence-corrected chi connectivity index (χ2v) is 16.2. The molecule has 55 heavy (non-hydrogen) atoms. The first kappa shape index (κ1) is 32.0. The highest BCUT2D eigenvalue weighted by Gasteiger charge is 2.22. The third-order valence-electron chi connectivity index (χ3n) is 10.9. The Kier molecular flexibility index (Phi) is 7.61. The minimum atomic E-state index is 1.12. The van der Waals surface area contributed by atoms with Gasteiger partial charge in [0.1, 0.15) is 0 Å². The lowest BCUT2D eigenvalue weighted by atomic mass is 9.95. The van der Waals surface area contributed by atoms with Crippen molar-refractivity contribution >= 4 is 90.9 Å². The first-order valence-corrected chi connectivity index (χ1v) is 20.3. The molecule has 258 valence electrons. The molecule has 0 saturated carbocycles. The number of fused-ring (bicyclic) bond motifs is 7. The van der Waals surface area contributed by atoms with Crippen LogP contribution in [0.1, 0.15) is 0 Å². The van der Waals surface area contributed by atoms with E-state index in [1.54, 1.807) is 0 Å². The molecule has 0 aliphatic heterocycles. The molecule has 0 atom stereocenters. The number of rotatable bonds is 6. The lowest BCUT2D eigenvalue weighted by Gasteiger charge is -2.29. The van der Waals surface area contributed by atoms with Gasteiger partial charge >= 0.3 is 0 Å². The van der Waals surface area contributed by atoms with E-state index in [4.69, 9.17) is 0 Å². The van der Waals surface area contributed by atoms with E-state index in [2.05, 4.69) is 205 Å². The monoisotopic (exact) mass is 735 g/mol. The van der Waals surface area contributed by atoms with Crippen molar-refractivity contribution < 1.29 is 0 Å². The number of para-hydroxylation sites is 1. The largest absolute Gasteiger partial charge is 0.309 e. The predicted molar refractivity (Wildman–Crippen MR) is 241 cm³/mol. The Bertz CT molecular complexity index is 3230. The fraction of sp³-hybridized carbons (Fsp3) is 0. The van der Waals surface area contributed by atoms with Gasteiger partial charge in [-0.05, 0) is 93.2 Å². The normalized spacial score (nSPS) is 11.6. The molecule has 0 radical (unpaired) electrons. The van der Waals surface area contributed by atoms with Crippen LogP contribution in [-0.4, -0.2) is 0 Å². The third kappa shape index (κ3) is 5.43. The van der Waals surface area contributed by atoms with Gasteiger partial charge in [-0.15, -0.1) is 22.7 Å². The molecule has 9 aromatic carbocycles. The predicted octanol–water partition coefficient (Wildman–Crippen LogP) is 16.0. The van der Waals surface area contributed by atoms with Gasteiger partial charge in [0.15, 0.2) is 0 Å². The molecule has 0 fully saturated rings. The van der Waals surface area contributed by atoms with Crippen LogP contribution in [0.5, 0.6) is 0 Å². The maximum atomic E-state index is 2.49. The summed E-state index contributed by atoms with van der Waals surface area (Å²) in [6.07, 6.45) is 0. The summed E-state index contributed by atoms with van der Waals surface area (Å²) >= 11 is 3.73. The smallest absolute Gasteiger partial charge is 0.0555 e. The molecule has 0 spiro atoms. The number of nitrogens with zero attached hydrogens (tertiary/aromatic N) is 1. The molecule has 0 aliphatic rings. The fourth-order valence-electron chi connectivity index (χ4n) is 8.32. The van der Waals surface area contributed by atoms with Crippen LogP contribution < -0.4 is 4.90 Å². The molecule has 0 amide bonds. The van der Waals surface area contributed by atoms with Crippen molar-refractivity contribution in [1.82, 2.24) is 0 Å². The number of thiophene rings is 2. The van der Waals surface area contributed by atoms with E-state index < -0.39 is 0 Å². The Morgan fingerprint density at radius 2 is 0.873 bits per heavy atom. The zero-order chi connectivity index (χ0) is 36.3. The fourth-order valence-corrected chi connectivity index (χ4v) is 10.6. The van der Waals surface area contributed by atoms with E-state index in [0.717, 1.165) is 11.4 Å². The minimum Gasteiger partial charge on any atom is -0.309 e. The van der Waals surface area contributed by atoms with Crippen molar-refractivity contribution in [2.24, 2.45) is 0 Å². The van der Waals surface area contributed by atoms with Crippen LogP contribution in [0, 0.1) is 0 Å². The van der Waals surface area contributed by atoms with Gasteiger partial charge in [0, 0.05) is 51.6 Å². The van der Waals surface area contributed by atoms with Crippen molar-refractivity contribution in [2.45, 2.75) is 0 Å². The number of anilines is 3. The lowest BCUT2D eigenvalue weighted by molar-refractivity contribution is 1.30. The molecule has 0 N–H and O–H groups in total. The van der Waals surface area contributed by atoms with Gasteiger partial charge < -0.3 is 4.90 Å². The third-order valence-corrected chi connectivity index (χ3v) is 13.1. The summed E-state index contributed by atoms with van der Waals surface area (Å²) in [6.45, 7) is 0. The second-order valence-electron chi connectivity index (χ2n) is 14.1. The Labute approximate surface area is 327 Å². The van der Waals surface area contributed by atoms with Crippen LogP contribution in [0.2, 0.25) is 0 Å². The zero-order valence-corrected chi connectivity index (χ0v) is 31.4. The molecular weight excluding hydrogens is 703 g/mol. The van der Waals surface area contributed by atoms with E-state index in [-0.39, 0.29) is 0 Å². The van der Waals surface area contributed by atoms with Crippen LogP contribution in [-0.2, 0) is 0 Å². The molecule has 0 aliphatic carbocycles. The summed E-state index contributed by atoms with van der Waals surface area (Å²) in [4.78, 5) is 2.49. The highest BCUT2D eigenvalue weighted by molar-refractivity contribution is 7.26. The van der Waals surface area contributed by atoms with Crippen molar-refractivity contribution in [1.29, 1.82) is 0 Å². The second kappa shape index (κ2) is 13.1. The summed E-state index contributed by atoms with van der Waals surface area (Å²) in [6, 6.07) is 73.5. The molecule has 0 saturated heterocycles. The summed E-state index contributed by atoms with van der Waals surface area (Å²) < 4.78 is 5.21. The Hall–Kier alpha value is -6.52. The van der Waals surface area contributed by atoms with Crippen LogP contribution in [0.25, 0.3) is 84.5 Å². The van der Waals surface area contributed by atoms with Crippen molar-refractivity contribution in [2.75, 3.05) is 4.90 Å². The van der Waals surface area contributed by atoms with Crippen molar-refractivity contribution in [3.05, 3.63) is 200 Å². The molecule has 11 rings (SSSR count). The van der Waals surface area contributed by atoms with E-state index in [1.807, 2.05) is 22.7 Å². The van der Waals surface area contributed by atoms with E-state index in [0.29, 0.717) is 0 Å². The molecular formula is C52H33NS2. The Morgan fingerprint density at radius 3 is 1.78 bits per heavy atom. The molecule has 2 heterocycles. The van der Waals surface area contributed by atoms with Gasteiger partial charge in [-0.1, -0.05) is 146 Å². The van der Waals surface area contributed by atoms with Crippen molar-refractivity contribution in [3.8, 4) is 33.4 Å². The highest BCUT2D eigenvalue weighted by Crippen LogP contribution is 2.48. The topological polar surface area (TPSA) is 3.24 Å². The quantitative estimate of drug-likeness (QED) is 0.164. The van der Waals surface area contributed by atoms with Gasteiger partial charge in [0.2, 0.25) is 0 Å². The van der Waals surface area contributed by atoms with E-state index in [1.165, 1.54) is 90.2 Å². The Balaban J connectivity index is 1.11. The van der Waals surface area contributed by atoms with Gasteiger partial charge in [0.25, 0.3) is 0 Å². The van der Waals surface area contributed by atoms with Crippen LogP contribution in [0.15, 0.2) is 200 Å². The highest BCUT2D eigenvalue weighted by atomic mass is 32.1. The van der Waals surface area contributed by atoms with Crippen molar-refractivity contribution in [3.63, 3.8) is 0 Å². The molecule has 3 heteroatoms. The summed E-state index contributed by atoms with van der Waals surface area (Å²) in [7, 11) is 0. The minimum absolute atomic E-state index is 1.12. The van der Waals surface area contributed by atoms with E-state index in [9.17, 15) is 0 Å². The van der Waals surface area contributed by atoms with Gasteiger partial charge in [-0.25, -0.2) is 0 Å². The van der Waals surface area contributed by atoms with Gasteiger partial charge in [0.05, 0.1) is 11.4 Å². The zero-order valence-electron chi connectivity index (χ0n) is 29.8. The molecule has 0 bridgehead atoms. The average molecular weight is 736 g/mol. The molecule has 0 unspecified atom stereocenters. The van der Waals surface area contributed by atoms with Crippen LogP contribution >= 0.6 is 22.7 Å².